The molecule has 4 rings (SSSR count). The van der Waals surface area contributed by atoms with Crippen LogP contribution in [0.1, 0.15) is 10.4 Å². The van der Waals surface area contributed by atoms with E-state index in [-0.39, 0.29) is 5.82 Å². The highest BCUT2D eigenvalue weighted by Crippen LogP contribution is 2.20. The average Bonchev–Trinajstić information content (AvgIpc) is 3.00. The van der Waals surface area contributed by atoms with Gasteiger partial charge in [0.1, 0.15) is 5.82 Å². The first-order valence-corrected chi connectivity index (χ1v) is 8.67. The maximum absolute atomic E-state index is 14.2. The van der Waals surface area contributed by atoms with E-state index in [1.54, 1.807) is 53.4 Å². The van der Waals surface area contributed by atoms with Crippen molar-refractivity contribution >= 4 is 38.5 Å². The molecule has 4 aromatic rings. The number of hydrogen-bond acceptors (Lipinski definition) is 4. The molecule has 0 aliphatic carbocycles. The lowest BCUT2D eigenvalue weighted by molar-refractivity contribution is 0.0998. The Kier molecular flexibility index (Phi) is 4.14. The van der Waals surface area contributed by atoms with Crippen molar-refractivity contribution in [1.29, 1.82) is 0 Å². The van der Waals surface area contributed by atoms with Crippen LogP contribution in [0.25, 0.3) is 21.3 Å². The number of carbonyl (C=O) groups excluding carboxylic acids is 1. The van der Waals surface area contributed by atoms with Crippen molar-refractivity contribution in [1.82, 2.24) is 14.5 Å². The number of rotatable bonds is 3. The molecule has 2 aromatic heterocycles. The van der Waals surface area contributed by atoms with Gasteiger partial charge in [0.05, 0.1) is 21.3 Å². The monoisotopic (exact) mass is 364 g/mol. The average molecular weight is 364 g/mol. The van der Waals surface area contributed by atoms with Gasteiger partial charge in [-0.2, -0.15) is 4.99 Å². The van der Waals surface area contributed by atoms with E-state index < -0.39 is 5.91 Å². The molecule has 2 heterocycles. The van der Waals surface area contributed by atoms with E-state index in [1.807, 2.05) is 0 Å². The Balaban J connectivity index is 1.86. The molecule has 0 bridgehead atoms. The van der Waals surface area contributed by atoms with Crippen LogP contribution in [0.3, 0.4) is 0 Å². The van der Waals surface area contributed by atoms with Crippen molar-refractivity contribution in [3.05, 3.63) is 77.6 Å². The van der Waals surface area contributed by atoms with Gasteiger partial charge in [0.15, 0.2) is 4.80 Å². The first-order chi connectivity index (χ1) is 12.7. The van der Waals surface area contributed by atoms with Crippen molar-refractivity contribution in [3.63, 3.8) is 0 Å². The first-order valence-electron chi connectivity index (χ1n) is 7.86. The zero-order valence-electron chi connectivity index (χ0n) is 13.6. The second kappa shape index (κ2) is 6.61. The number of amides is 1. The Labute approximate surface area is 151 Å². The van der Waals surface area contributed by atoms with E-state index in [0.717, 1.165) is 4.70 Å². The number of allylic oxidation sites excluding steroid dienone is 1. The second-order valence-electron chi connectivity index (χ2n) is 5.55. The molecule has 0 radical (unpaired) electrons. The molecule has 5 nitrogen and oxygen atoms in total. The molecule has 128 valence electrons. The normalized spacial score (nSPS) is 12.0. The fourth-order valence-electron chi connectivity index (χ4n) is 2.72. The zero-order valence-corrected chi connectivity index (χ0v) is 14.4. The van der Waals surface area contributed by atoms with Gasteiger partial charge in [-0.15, -0.1) is 6.58 Å². The van der Waals surface area contributed by atoms with Crippen molar-refractivity contribution in [3.8, 4) is 0 Å². The lowest BCUT2D eigenvalue weighted by Crippen LogP contribution is -2.16. The van der Waals surface area contributed by atoms with Crippen molar-refractivity contribution in [2.45, 2.75) is 6.54 Å². The van der Waals surface area contributed by atoms with Crippen LogP contribution < -0.4 is 4.80 Å². The highest BCUT2D eigenvalue weighted by Gasteiger charge is 2.12. The van der Waals surface area contributed by atoms with Crippen LogP contribution in [-0.2, 0) is 6.54 Å². The van der Waals surface area contributed by atoms with Gasteiger partial charge >= 0.3 is 0 Å². The maximum atomic E-state index is 14.2. The lowest BCUT2D eigenvalue weighted by atomic mass is 10.2. The second-order valence-corrected chi connectivity index (χ2v) is 6.56. The molecule has 0 atom stereocenters. The minimum atomic E-state index is -0.415. The Bertz CT molecular complexity index is 1230. The van der Waals surface area contributed by atoms with Gasteiger partial charge in [-0.25, -0.2) is 4.39 Å². The highest BCUT2D eigenvalue weighted by molar-refractivity contribution is 7.16. The SMILES string of the molecule is C=CCn1c(=NC(=O)c2ccc3nccnc3c2)sc2cccc(F)c21. The van der Waals surface area contributed by atoms with E-state index in [2.05, 4.69) is 21.5 Å². The molecule has 0 aliphatic heterocycles. The summed E-state index contributed by atoms with van der Waals surface area (Å²) in [4.78, 5) is 25.7. The minimum absolute atomic E-state index is 0.351. The molecule has 2 aromatic carbocycles. The number of halogens is 1. The number of thiazole rings is 1. The molecule has 0 saturated carbocycles. The Morgan fingerprint density at radius 2 is 2.04 bits per heavy atom. The van der Waals surface area contributed by atoms with Gasteiger partial charge in [-0.1, -0.05) is 23.5 Å². The van der Waals surface area contributed by atoms with Crippen LogP contribution in [0.4, 0.5) is 4.39 Å². The summed E-state index contributed by atoms with van der Waals surface area (Å²) in [5, 5.41) is 0. The van der Waals surface area contributed by atoms with Gasteiger partial charge < -0.3 is 4.57 Å². The number of aromatic nitrogens is 3. The van der Waals surface area contributed by atoms with Crippen LogP contribution in [-0.4, -0.2) is 20.4 Å². The Morgan fingerprint density at radius 3 is 2.85 bits per heavy atom. The summed E-state index contributed by atoms with van der Waals surface area (Å²) >= 11 is 1.26. The van der Waals surface area contributed by atoms with Gasteiger partial charge in [-0.3, -0.25) is 14.8 Å². The molecule has 0 spiro atoms. The van der Waals surface area contributed by atoms with Crippen LogP contribution >= 0.6 is 11.3 Å². The van der Waals surface area contributed by atoms with E-state index in [4.69, 9.17) is 0 Å². The van der Waals surface area contributed by atoms with Gasteiger partial charge in [0, 0.05) is 24.5 Å². The molecule has 0 N–H and O–H groups in total. The summed E-state index contributed by atoms with van der Waals surface area (Å²) in [5.74, 6) is -0.766. The third-order valence-electron chi connectivity index (χ3n) is 3.88. The zero-order chi connectivity index (χ0) is 18.1. The summed E-state index contributed by atoms with van der Waals surface area (Å²) in [5.41, 5.74) is 2.15. The highest BCUT2D eigenvalue weighted by atomic mass is 32.1. The number of nitrogens with zero attached hydrogens (tertiary/aromatic N) is 4. The van der Waals surface area contributed by atoms with Gasteiger partial charge in [-0.05, 0) is 30.3 Å². The predicted molar refractivity (Wildman–Crippen MR) is 99.4 cm³/mol. The first kappa shape index (κ1) is 16.3. The minimum Gasteiger partial charge on any atom is -0.310 e. The Morgan fingerprint density at radius 1 is 1.23 bits per heavy atom. The molecule has 7 heteroatoms. The van der Waals surface area contributed by atoms with E-state index in [9.17, 15) is 9.18 Å². The van der Waals surface area contributed by atoms with Crippen LogP contribution in [0.15, 0.2) is 66.4 Å². The quantitative estimate of drug-likeness (QED) is 0.521. The third kappa shape index (κ3) is 2.82. The summed E-state index contributed by atoms with van der Waals surface area (Å²) in [6.07, 6.45) is 4.81. The summed E-state index contributed by atoms with van der Waals surface area (Å²) in [7, 11) is 0. The fraction of sp³-hybridized carbons (Fsp3) is 0.0526. The molecular formula is C19H13FN4OS. The topological polar surface area (TPSA) is 60.1 Å². The molecule has 26 heavy (non-hydrogen) atoms. The van der Waals surface area contributed by atoms with Crippen molar-refractivity contribution in [2.24, 2.45) is 4.99 Å². The van der Waals surface area contributed by atoms with Gasteiger partial charge in [0.2, 0.25) is 0 Å². The van der Waals surface area contributed by atoms with Crippen LogP contribution in [0, 0.1) is 5.82 Å². The number of hydrogen-bond donors (Lipinski definition) is 0. The molecule has 0 fully saturated rings. The molecule has 1 amide bonds. The number of carbonyl (C=O) groups is 1. The molecule has 0 unspecified atom stereocenters. The molecular weight excluding hydrogens is 351 g/mol. The smallest absolute Gasteiger partial charge is 0.279 e. The van der Waals surface area contributed by atoms with E-state index in [0.29, 0.717) is 33.5 Å². The maximum Gasteiger partial charge on any atom is 0.279 e. The number of benzene rings is 2. The van der Waals surface area contributed by atoms with Gasteiger partial charge in [0.25, 0.3) is 5.91 Å². The number of para-hydroxylation sites is 1. The number of fused-ring (bicyclic) bond motifs is 2. The van der Waals surface area contributed by atoms with Crippen molar-refractivity contribution < 1.29 is 9.18 Å². The van der Waals surface area contributed by atoms with Crippen LogP contribution in [0.5, 0.6) is 0 Å². The van der Waals surface area contributed by atoms with E-state index >= 15 is 0 Å². The lowest BCUT2D eigenvalue weighted by Gasteiger charge is -2.02. The standard InChI is InChI=1S/C19H13FN4OS/c1-2-10-24-17-13(20)4-3-5-16(17)26-19(24)23-18(25)12-6-7-14-15(11-12)22-9-8-21-14/h2-9,11H,1,10H2. The molecule has 0 aliphatic rings. The summed E-state index contributed by atoms with van der Waals surface area (Å²) < 4.78 is 16.6. The largest absolute Gasteiger partial charge is 0.310 e. The summed E-state index contributed by atoms with van der Waals surface area (Å²) in [6, 6.07) is 9.88. The molecule has 0 saturated heterocycles. The van der Waals surface area contributed by atoms with Crippen LogP contribution in [0.2, 0.25) is 0 Å². The summed E-state index contributed by atoms with van der Waals surface area (Å²) in [6.45, 7) is 4.06. The van der Waals surface area contributed by atoms with Crippen molar-refractivity contribution in [2.75, 3.05) is 0 Å². The third-order valence-corrected chi connectivity index (χ3v) is 4.92. The predicted octanol–water partition coefficient (Wildman–Crippen LogP) is 3.71. The fourth-order valence-corrected chi connectivity index (χ4v) is 3.77. The van der Waals surface area contributed by atoms with E-state index in [1.165, 1.54) is 17.4 Å². The Hall–Kier alpha value is -3.19.